The number of ether oxygens (including phenoxy) is 2. The van der Waals surface area contributed by atoms with Crippen molar-refractivity contribution in [2.24, 2.45) is 5.92 Å². The zero-order valence-corrected chi connectivity index (χ0v) is 17.6. The molecule has 3 atom stereocenters. The highest BCUT2D eigenvalue weighted by molar-refractivity contribution is 6.00. The van der Waals surface area contributed by atoms with Crippen molar-refractivity contribution in [3.05, 3.63) is 12.4 Å². The Morgan fingerprint density at radius 1 is 1.34 bits per heavy atom. The number of ketones is 1. The molecule has 0 amide bonds. The lowest BCUT2D eigenvalue weighted by Crippen LogP contribution is -2.60. The number of hydrogen-bond donors (Lipinski definition) is 2. The summed E-state index contributed by atoms with van der Waals surface area (Å²) in [6.07, 6.45) is 3.37. The monoisotopic (exact) mass is 406 g/mol. The van der Waals surface area contributed by atoms with Gasteiger partial charge in [0.1, 0.15) is 23.9 Å². The first kappa shape index (κ1) is 21.4. The van der Waals surface area contributed by atoms with Gasteiger partial charge in [-0.25, -0.2) is 9.97 Å². The highest BCUT2D eigenvalue weighted by atomic mass is 16.6. The number of esters is 1. The Balaban J connectivity index is 1.62. The van der Waals surface area contributed by atoms with E-state index in [1.165, 1.54) is 0 Å². The van der Waals surface area contributed by atoms with Crippen molar-refractivity contribution in [2.45, 2.75) is 64.3 Å². The molecule has 2 fully saturated rings. The van der Waals surface area contributed by atoms with Gasteiger partial charge in [-0.2, -0.15) is 0 Å². The fourth-order valence-corrected chi connectivity index (χ4v) is 3.63. The molecule has 160 valence electrons. The Labute approximate surface area is 170 Å². The molecule has 2 aliphatic heterocycles. The van der Waals surface area contributed by atoms with E-state index in [0.717, 1.165) is 0 Å². The van der Waals surface area contributed by atoms with Gasteiger partial charge in [0.25, 0.3) is 0 Å². The van der Waals surface area contributed by atoms with Crippen LogP contribution in [0, 0.1) is 5.92 Å². The fraction of sp³-hybridized carbons (Fsp3) is 0.700. The molecule has 1 aromatic heterocycles. The van der Waals surface area contributed by atoms with Crippen molar-refractivity contribution < 1.29 is 24.2 Å². The maximum absolute atomic E-state index is 12.6. The molecule has 0 aromatic carbocycles. The molecule has 9 nitrogen and oxygen atoms in total. The van der Waals surface area contributed by atoms with Crippen LogP contribution in [-0.4, -0.2) is 69.8 Å². The molecule has 1 unspecified atom stereocenters. The summed E-state index contributed by atoms with van der Waals surface area (Å²) in [5.74, 6) is -0.622. The lowest BCUT2D eigenvalue weighted by atomic mass is 9.86. The molecule has 0 radical (unpaired) electrons. The van der Waals surface area contributed by atoms with E-state index in [9.17, 15) is 14.7 Å². The van der Waals surface area contributed by atoms with Gasteiger partial charge < -0.3 is 24.8 Å². The van der Waals surface area contributed by atoms with Gasteiger partial charge in [0.15, 0.2) is 5.75 Å². The molecule has 2 aliphatic rings. The second kappa shape index (κ2) is 7.87. The third kappa shape index (κ3) is 5.42. The summed E-state index contributed by atoms with van der Waals surface area (Å²) in [4.78, 5) is 35.5. The first-order valence-electron chi connectivity index (χ1n) is 9.87. The Morgan fingerprint density at radius 2 is 1.97 bits per heavy atom. The van der Waals surface area contributed by atoms with E-state index in [1.54, 1.807) is 40.1 Å². The van der Waals surface area contributed by atoms with Gasteiger partial charge in [-0.3, -0.25) is 9.59 Å². The quantitative estimate of drug-likeness (QED) is 0.539. The third-order valence-electron chi connectivity index (χ3n) is 4.81. The molecule has 1 aromatic rings. The van der Waals surface area contributed by atoms with Crippen molar-refractivity contribution in [3.63, 3.8) is 0 Å². The summed E-state index contributed by atoms with van der Waals surface area (Å²) >= 11 is 0. The number of nitrogens with one attached hydrogen (secondary N) is 1. The SMILES string of the molecule is C[C@H]1CC(=O)C(C(=O)OC(C)(C)C)[C@@H](COc2cnc(N3CC(C)(O)C3)nc2)N1. The predicted octanol–water partition coefficient (Wildman–Crippen LogP) is 0.704. The standard InChI is InChI=1S/C20H30N4O5/c1-12-6-15(25)16(17(26)29-19(2,3)4)14(23-12)9-28-13-7-21-18(22-8-13)24-10-20(5,27)11-24/h7-8,12,14,16,23,27H,6,9-11H2,1-5H3/t12-,14+,16?/m0/s1. The van der Waals surface area contributed by atoms with Crippen molar-refractivity contribution in [2.75, 3.05) is 24.6 Å². The molecule has 9 heteroatoms. The van der Waals surface area contributed by atoms with E-state index in [4.69, 9.17) is 9.47 Å². The van der Waals surface area contributed by atoms with Crippen LogP contribution in [0.2, 0.25) is 0 Å². The van der Waals surface area contributed by atoms with Gasteiger partial charge in [0.05, 0.1) is 37.1 Å². The average Bonchev–Trinajstić information content (AvgIpc) is 2.56. The van der Waals surface area contributed by atoms with Gasteiger partial charge in [0, 0.05) is 12.5 Å². The van der Waals surface area contributed by atoms with Gasteiger partial charge in [0.2, 0.25) is 5.95 Å². The van der Waals surface area contributed by atoms with Gasteiger partial charge in [-0.05, 0) is 34.6 Å². The van der Waals surface area contributed by atoms with Crippen LogP contribution in [0.25, 0.3) is 0 Å². The van der Waals surface area contributed by atoms with E-state index in [2.05, 4.69) is 15.3 Å². The largest absolute Gasteiger partial charge is 0.489 e. The molecule has 2 saturated heterocycles. The van der Waals surface area contributed by atoms with Gasteiger partial charge in [-0.1, -0.05) is 0 Å². The number of rotatable bonds is 5. The van der Waals surface area contributed by atoms with Crippen molar-refractivity contribution in [1.29, 1.82) is 0 Å². The maximum atomic E-state index is 12.6. The van der Waals surface area contributed by atoms with Crippen molar-refractivity contribution in [1.82, 2.24) is 15.3 Å². The average molecular weight is 406 g/mol. The molecule has 0 aliphatic carbocycles. The van der Waals surface area contributed by atoms with Crippen LogP contribution >= 0.6 is 0 Å². The number of hydrogen-bond acceptors (Lipinski definition) is 9. The Kier molecular flexibility index (Phi) is 5.82. The van der Waals surface area contributed by atoms with E-state index < -0.39 is 29.1 Å². The smallest absolute Gasteiger partial charge is 0.318 e. The number of aliphatic hydroxyl groups is 1. The third-order valence-corrected chi connectivity index (χ3v) is 4.81. The summed E-state index contributed by atoms with van der Waals surface area (Å²) in [5, 5.41) is 13.1. The number of piperidine rings is 1. The second-order valence-corrected chi connectivity index (χ2v) is 9.24. The molecule has 2 N–H and O–H groups in total. The van der Waals surface area contributed by atoms with E-state index in [1.807, 2.05) is 11.8 Å². The minimum atomic E-state index is -0.908. The van der Waals surface area contributed by atoms with Crippen molar-refractivity contribution in [3.8, 4) is 5.75 Å². The molecule has 0 bridgehead atoms. The first-order chi connectivity index (χ1) is 13.4. The molecular formula is C20H30N4O5. The van der Waals surface area contributed by atoms with Crippen LogP contribution in [0.15, 0.2) is 12.4 Å². The molecule has 0 spiro atoms. The Hall–Kier alpha value is -2.26. The summed E-state index contributed by atoms with van der Waals surface area (Å²) < 4.78 is 11.2. The van der Waals surface area contributed by atoms with E-state index in [0.29, 0.717) is 24.8 Å². The van der Waals surface area contributed by atoms with Crippen LogP contribution in [0.5, 0.6) is 5.75 Å². The normalized spacial score (nSPS) is 26.6. The number of carbonyl (C=O) groups excluding carboxylic acids is 2. The predicted molar refractivity (Wildman–Crippen MR) is 106 cm³/mol. The highest BCUT2D eigenvalue weighted by Gasteiger charge is 2.42. The molecular weight excluding hydrogens is 376 g/mol. The number of Topliss-reactive ketones (excluding diaryl/α,β-unsaturated/α-hetero) is 1. The van der Waals surface area contributed by atoms with Crippen LogP contribution in [0.3, 0.4) is 0 Å². The molecule has 29 heavy (non-hydrogen) atoms. The lowest BCUT2D eigenvalue weighted by Gasteiger charge is -2.44. The molecule has 3 heterocycles. The Bertz CT molecular complexity index is 751. The van der Waals surface area contributed by atoms with E-state index >= 15 is 0 Å². The maximum Gasteiger partial charge on any atom is 0.318 e. The molecule has 0 saturated carbocycles. The summed E-state index contributed by atoms with van der Waals surface area (Å²) in [6, 6.07) is -0.543. The van der Waals surface area contributed by atoms with Crippen LogP contribution in [0.4, 0.5) is 5.95 Å². The zero-order valence-electron chi connectivity index (χ0n) is 17.6. The van der Waals surface area contributed by atoms with Crippen LogP contribution in [-0.2, 0) is 14.3 Å². The number of β-amino-alcohol motifs (C(OH)–C–C–N with tert-alkyl or cyclic N) is 1. The minimum Gasteiger partial charge on any atom is -0.489 e. The number of anilines is 1. The summed E-state index contributed by atoms with van der Waals surface area (Å²) in [6.45, 7) is 10.1. The summed E-state index contributed by atoms with van der Waals surface area (Å²) in [7, 11) is 0. The van der Waals surface area contributed by atoms with Crippen LogP contribution < -0.4 is 15.0 Å². The Morgan fingerprint density at radius 3 is 2.52 bits per heavy atom. The van der Waals surface area contributed by atoms with Gasteiger partial charge in [-0.15, -0.1) is 0 Å². The van der Waals surface area contributed by atoms with Crippen molar-refractivity contribution >= 4 is 17.7 Å². The number of aromatic nitrogens is 2. The number of carbonyl (C=O) groups is 2. The zero-order chi connectivity index (χ0) is 21.4. The van der Waals surface area contributed by atoms with E-state index in [-0.39, 0.29) is 24.9 Å². The van der Waals surface area contributed by atoms with Crippen LogP contribution in [0.1, 0.15) is 41.0 Å². The topological polar surface area (TPSA) is 114 Å². The molecule has 3 rings (SSSR count). The number of nitrogens with zero attached hydrogens (tertiary/aromatic N) is 3. The first-order valence-corrected chi connectivity index (χ1v) is 9.87. The fourth-order valence-electron chi connectivity index (χ4n) is 3.63. The second-order valence-electron chi connectivity index (χ2n) is 9.24. The minimum absolute atomic E-state index is 0.0485. The highest BCUT2D eigenvalue weighted by Crippen LogP contribution is 2.25. The van der Waals surface area contributed by atoms with Gasteiger partial charge >= 0.3 is 5.97 Å². The summed E-state index contributed by atoms with van der Waals surface area (Å²) in [5.41, 5.74) is -1.37. The lowest BCUT2D eigenvalue weighted by molar-refractivity contribution is -0.165.